The van der Waals surface area contributed by atoms with Crippen LogP contribution in [-0.4, -0.2) is 35.2 Å². The maximum atomic E-state index is 12.1. The first-order chi connectivity index (χ1) is 8.53. The second kappa shape index (κ2) is 6.73. The maximum Gasteiger partial charge on any atom is 0.305 e. The second-order valence-electron chi connectivity index (χ2n) is 4.90. The summed E-state index contributed by atoms with van der Waals surface area (Å²) in [4.78, 5) is 23.0. The van der Waals surface area contributed by atoms with Crippen LogP contribution in [0.25, 0.3) is 0 Å². The number of rotatable bonds is 6. The van der Waals surface area contributed by atoms with E-state index in [1.807, 2.05) is 13.8 Å². The number of nitrogens with one attached hydrogen (secondary N) is 1. The number of carboxylic acid groups (broad SMARTS) is 1. The van der Waals surface area contributed by atoms with Gasteiger partial charge in [0.2, 0.25) is 5.91 Å². The highest BCUT2D eigenvalue weighted by Crippen LogP contribution is 2.21. The molecule has 2 N–H and O–H groups in total. The molecule has 0 spiro atoms. The van der Waals surface area contributed by atoms with Crippen LogP contribution >= 0.6 is 0 Å². The Morgan fingerprint density at radius 3 is 2.44 bits per heavy atom. The van der Waals surface area contributed by atoms with E-state index < -0.39 is 17.6 Å². The van der Waals surface area contributed by atoms with Gasteiger partial charge in [0.25, 0.3) is 0 Å². The first-order valence-electron chi connectivity index (χ1n) is 6.68. The van der Waals surface area contributed by atoms with Crippen LogP contribution in [0.4, 0.5) is 0 Å². The lowest BCUT2D eigenvalue weighted by Crippen LogP contribution is -2.53. The smallest absolute Gasteiger partial charge is 0.305 e. The number of aliphatic carboxylic acids is 1. The highest BCUT2D eigenvalue weighted by molar-refractivity contribution is 5.82. The molecule has 1 saturated heterocycles. The minimum Gasteiger partial charge on any atom is -0.481 e. The predicted molar refractivity (Wildman–Crippen MR) is 67.3 cm³/mol. The lowest BCUT2D eigenvalue weighted by atomic mass is 9.88. The van der Waals surface area contributed by atoms with Crippen molar-refractivity contribution in [2.75, 3.05) is 6.61 Å². The molecule has 1 rings (SSSR count). The van der Waals surface area contributed by atoms with E-state index in [0.29, 0.717) is 19.4 Å². The van der Waals surface area contributed by atoms with E-state index in [1.165, 1.54) is 0 Å². The van der Waals surface area contributed by atoms with Crippen LogP contribution in [0.5, 0.6) is 0 Å². The summed E-state index contributed by atoms with van der Waals surface area (Å²) < 4.78 is 5.42. The molecular weight excluding hydrogens is 234 g/mol. The summed E-state index contributed by atoms with van der Waals surface area (Å²) in [6.07, 6.45) is 3.46. The van der Waals surface area contributed by atoms with E-state index >= 15 is 0 Å². The zero-order valence-electron chi connectivity index (χ0n) is 11.2. The summed E-state index contributed by atoms with van der Waals surface area (Å²) in [5.74, 6) is -1.05. The van der Waals surface area contributed by atoms with Gasteiger partial charge >= 0.3 is 5.97 Å². The molecule has 0 saturated carbocycles. The number of carboxylic acids is 1. The summed E-state index contributed by atoms with van der Waals surface area (Å²) >= 11 is 0. The zero-order valence-corrected chi connectivity index (χ0v) is 11.2. The molecule has 5 heteroatoms. The lowest BCUT2D eigenvalue weighted by molar-refractivity contribution is -0.141. The molecule has 0 aliphatic carbocycles. The van der Waals surface area contributed by atoms with Crippen LogP contribution < -0.4 is 5.32 Å². The Kier molecular flexibility index (Phi) is 5.59. The summed E-state index contributed by atoms with van der Waals surface area (Å²) in [6, 6.07) is 0. The van der Waals surface area contributed by atoms with Gasteiger partial charge in [-0.05, 0) is 32.1 Å². The van der Waals surface area contributed by atoms with Crippen molar-refractivity contribution in [3.63, 3.8) is 0 Å². The molecule has 0 aromatic heterocycles. The molecule has 0 aromatic carbocycles. The number of ether oxygens (including phenoxy) is 1. The molecule has 104 valence electrons. The Balaban J connectivity index is 2.64. The van der Waals surface area contributed by atoms with E-state index in [1.54, 1.807) is 0 Å². The van der Waals surface area contributed by atoms with Crippen molar-refractivity contribution < 1.29 is 19.4 Å². The highest BCUT2D eigenvalue weighted by Gasteiger charge is 2.34. The van der Waals surface area contributed by atoms with E-state index in [0.717, 1.165) is 19.3 Å². The Morgan fingerprint density at radius 1 is 1.33 bits per heavy atom. The third-order valence-electron chi connectivity index (χ3n) is 3.70. The largest absolute Gasteiger partial charge is 0.481 e. The Hall–Kier alpha value is -1.10. The van der Waals surface area contributed by atoms with E-state index in [4.69, 9.17) is 9.84 Å². The third kappa shape index (κ3) is 3.98. The van der Waals surface area contributed by atoms with Gasteiger partial charge in [0, 0.05) is 6.61 Å². The fourth-order valence-electron chi connectivity index (χ4n) is 2.30. The zero-order chi connectivity index (χ0) is 13.6. The molecule has 0 bridgehead atoms. The minimum absolute atomic E-state index is 0.0432. The standard InChI is InChI=1S/C13H23NO4/c1-3-13(4-2,9-11(15)16)14-12(17)10-7-5-6-8-18-10/h10H,3-9H2,1-2H3,(H,14,17)(H,15,16). The van der Waals surface area contributed by atoms with Gasteiger partial charge in [-0.15, -0.1) is 0 Å². The van der Waals surface area contributed by atoms with Crippen molar-refractivity contribution in [2.45, 2.75) is 64.0 Å². The number of carbonyl (C=O) groups excluding carboxylic acids is 1. The van der Waals surface area contributed by atoms with Gasteiger partial charge in [0.1, 0.15) is 6.10 Å². The van der Waals surface area contributed by atoms with Crippen molar-refractivity contribution in [1.29, 1.82) is 0 Å². The normalized spacial score (nSPS) is 20.4. The molecule has 1 atom stereocenters. The summed E-state index contributed by atoms with van der Waals surface area (Å²) in [5, 5.41) is 11.8. The van der Waals surface area contributed by atoms with Crippen LogP contribution in [0.1, 0.15) is 52.4 Å². The van der Waals surface area contributed by atoms with Crippen molar-refractivity contribution in [2.24, 2.45) is 0 Å². The molecule has 1 heterocycles. The van der Waals surface area contributed by atoms with Crippen LogP contribution in [0.2, 0.25) is 0 Å². The first kappa shape index (κ1) is 15.0. The molecule has 1 unspecified atom stereocenters. The summed E-state index contributed by atoms with van der Waals surface area (Å²) in [6.45, 7) is 4.41. The number of hydrogen-bond donors (Lipinski definition) is 2. The molecule has 18 heavy (non-hydrogen) atoms. The Labute approximate surface area is 108 Å². The number of hydrogen-bond acceptors (Lipinski definition) is 3. The van der Waals surface area contributed by atoms with Gasteiger partial charge in [-0.1, -0.05) is 13.8 Å². The lowest BCUT2D eigenvalue weighted by Gasteiger charge is -2.33. The van der Waals surface area contributed by atoms with Gasteiger partial charge in [-0.25, -0.2) is 0 Å². The third-order valence-corrected chi connectivity index (χ3v) is 3.70. The SMILES string of the molecule is CCC(CC)(CC(=O)O)NC(=O)C1CCCCO1. The highest BCUT2D eigenvalue weighted by atomic mass is 16.5. The van der Waals surface area contributed by atoms with Gasteiger partial charge < -0.3 is 15.2 Å². The Morgan fingerprint density at radius 2 is 2.00 bits per heavy atom. The Bertz CT molecular complexity index is 293. The monoisotopic (exact) mass is 257 g/mol. The van der Waals surface area contributed by atoms with Crippen molar-refractivity contribution in [3.8, 4) is 0 Å². The molecule has 1 aliphatic heterocycles. The van der Waals surface area contributed by atoms with Crippen LogP contribution in [0.3, 0.4) is 0 Å². The molecule has 1 fully saturated rings. The van der Waals surface area contributed by atoms with E-state index in [2.05, 4.69) is 5.32 Å². The average molecular weight is 257 g/mol. The van der Waals surface area contributed by atoms with Crippen molar-refractivity contribution in [3.05, 3.63) is 0 Å². The molecule has 0 radical (unpaired) electrons. The predicted octanol–water partition coefficient (Wildman–Crippen LogP) is 1.71. The topological polar surface area (TPSA) is 75.6 Å². The fraction of sp³-hybridized carbons (Fsp3) is 0.846. The average Bonchev–Trinajstić information content (AvgIpc) is 2.38. The van der Waals surface area contributed by atoms with Crippen molar-refractivity contribution >= 4 is 11.9 Å². The van der Waals surface area contributed by atoms with Crippen LogP contribution in [0, 0.1) is 0 Å². The molecular formula is C13H23NO4. The molecule has 5 nitrogen and oxygen atoms in total. The number of carbonyl (C=O) groups is 2. The molecule has 1 amide bonds. The van der Waals surface area contributed by atoms with Gasteiger partial charge in [-0.3, -0.25) is 9.59 Å². The van der Waals surface area contributed by atoms with E-state index in [-0.39, 0.29) is 12.3 Å². The van der Waals surface area contributed by atoms with E-state index in [9.17, 15) is 9.59 Å². The van der Waals surface area contributed by atoms with Crippen molar-refractivity contribution in [1.82, 2.24) is 5.32 Å². The molecule has 0 aromatic rings. The van der Waals surface area contributed by atoms with Crippen LogP contribution in [-0.2, 0) is 14.3 Å². The second-order valence-corrected chi connectivity index (χ2v) is 4.90. The minimum atomic E-state index is -0.886. The van der Waals surface area contributed by atoms with Gasteiger partial charge in [0.05, 0.1) is 12.0 Å². The maximum absolute atomic E-state index is 12.1. The number of amides is 1. The van der Waals surface area contributed by atoms with Gasteiger partial charge in [-0.2, -0.15) is 0 Å². The fourth-order valence-corrected chi connectivity index (χ4v) is 2.30. The first-order valence-corrected chi connectivity index (χ1v) is 6.68. The summed E-state index contributed by atoms with van der Waals surface area (Å²) in [5.41, 5.74) is -0.649. The molecule has 1 aliphatic rings. The van der Waals surface area contributed by atoms with Gasteiger partial charge in [0.15, 0.2) is 0 Å². The quantitative estimate of drug-likeness (QED) is 0.759. The van der Waals surface area contributed by atoms with Crippen LogP contribution in [0.15, 0.2) is 0 Å². The summed E-state index contributed by atoms with van der Waals surface area (Å²) in [7, 11) is 0.